The average Bonchev–Trinajstić information content (AvgIpc) is 3.56. The summed E-state index contributed by atoms with van der Waals surface area (Å²) >= 11 is 6.66. The number of nitrogens with one attached hydrogen (secondary N) is 1. The van der Waals surface area contributed by atoms with Crippen LogP contribution in [0.2, 0.25) is 0 Å². The summed E-state index contributed by atoms with van der Waals surface area (Å²) < 4.78 is 11.7. The molecule has 49 heavy (non-hydrogen) atoms. The third-order valence-corrected chi connectivity index (χ3v) is 8.87. The molecule has 280 valence electrons. The van der Waals surface area contributed by atoms with E-state index in [0.29, 0.717) is 0 Å². The summed E-state index contributed by atoms with van der Waals surface area (Å²) in [5, 5.41) is 21.6. The fraction of sp³-hybridized carbons (Fsp3) is 0.618. The van der Waals surface area contributed by atoms with E-state index in [1.807, 2.05) is 12.1 Å². The molecule has 0 atom stereocenters. The number of alkyl halides is 2. The number of hydrogen-bond donors (Lipinski definition) is 2. The number of carbonyl (C=O) groups excluding carboxylic acids is 1. The molecule has 0 aromatic heterocycles. The average molecular weight is 919 g/mol. The van der Waals surface area contributed by atoms with E-state index in [0.717, 1.165) is 48.3 Å². The van der Waals surface area contributed by atoms with Gasteiger partial charge in [0.2, 0.25) is 0 Å². The molecule has 0 amide bonds. The SMILES string of the molecule is Br.BrCCCCBr.C.CCO.COc1ccc(N2CCNCC2)cc1.COc1ccc(N2CC[N+]3(CCCC3)CC2)cc1.Cl.O=CO[O-].[Na+]. The minimum Gasteiger partial charge on any atom is -0.662 e. The second-order valence-electron chi connectivity index (χ2n) is 10.7. The molecular formula is C34H60Br3ClN4NaO6+. The van der Waals surface area contributed by atoms with Crippen LogP contribution in [-0.2, 0) is 9.68 Å². The number of benzene rings is 2. The van der Waals surface area contributed by atoms with Crippen molar-refractivity contribution in [1.82, 2.24) is 5.32 Å². The predicted octanol–water partition coefficient (Wildman–Crippen LogP) is 2.86. The molecule has 10 nitrogen and oxygen atoms in total. The molecule has 0 unspecified atom stereocenters. The molecule has 0 bridgehead atoms. The Labute approximate surface area is 351 Å². The number of carbonyl (C=O) groups is 1. The monoisotopic (exact) mass is 915 g/mol. The third kappa shape index (κ3) is 23.8. The second kappa shape index (κ2) is 36.1. The Morgan fingerprint density at radius 2 is 1.16 bits per heavy atom. The first kappa shape index (κ1) is 55.4. The number of rotatable bonds is 8. The Balaban J connectivity index is -0.000000293. The van der Waals surface area contributed by atoms with Gasteiger partial charge >= 0.3 is 29.6 Å². The van der Waals surface area contributed by atoms with Gasteiger partial charge in [0.05, 0.1) is 53.5 Å². The van der Waals surface area contributed by atoms with Crippen LogP contribution in [0.15, 0.2) is 48.5 Å². The number of halogens is 4. The van der Waals surface area contributed by atoms with Crippen molar-refractivity contribution in [1.29, 1.82) is 0 Å². The number of aliphatic hydroxyl groups is 1. The molecule has 3 saturated heterocycles. The zero-order chi connectivity index (χ0) is 33.2. The third-order valence-electron chi connectivity index (χ3n) is 7.75. The van der Waals surface area contributed by atoms with Gasteiger partial charge in [0, 0.05) is 67.7 Å². The largest absolute Gasteiger partial charge is 1.00 e. The summed E-state index contributed by atoms with van der Waals surface area (Å²) in [5.74, 6) is 1.86. The number of aliphatic hydroxyl groups excluding tert-OH is 1. The van der Waals surface area contributed by atoms with Crippen molar-refractivity contribution in [3.8, 4) is 11.5 Å². The van der Waals surface area contributed by atoms with E-state index in [4.69, 9.17) is 24.6 Å². The first-order valence-electron chi connectivity index (χ1n) is 15.7. The zero-order valence-corrected chi connectivity index (χ0v) is 36.8. The van der Waals surface area contributed by atoms with Gasteiger partial charge in [-0.3, -0.25) is 4.79 Å². The van der Waals surface area contributed by atoms with Crippen molar-refractivity contribution < 1.29 is 63.6 Å². The van der Waals surface area contributed by atoms with Gasteiger partial charge in [-0.15, -0.1) is 29.4 Å². The van der Waals surface area contributed by atoms with E-state index in [9.17, 15) is 0 Å². The molecule has 3 aliphatic heterocycles. The van der Waals surface area contributed by atoms with Gasteiger partial charge in [0.15, 0.2) is 0 Å². The van der Waals surface area contributed by atoms with E-state index in [1.54, 1.807) is 21.1 Å². The van der Waals surface area contributed by atoms with Crippen LogP contribution in [0.3, 0.4) is 0 Å². The van der Waals surface area contributed by atoms with Crippen LogP contribution in [0.25, 0.3) is 0 Å². The van der Waals surface area contributed by atoms with Crippen LogP contribution < -0.4 is 59.4 Å². The summed E-state index contributed by atoms with van der Waals surface area (Å²) in [5.41, 5.74) is 2.63. The standard InChI is InChI=1S/C15H23N2O.C11H16N2O.C4H8Br2.C2H6O.CH2O3.CH4.BrH.ClH.Na/c1-18-15-6-4-14(5-7-15)16-8-12-17(13-9-16)10-2-3-11-17;1-14-11-4-2-10(3-5-11)13-8-6-12-7-9-13;5-3-1-2-4-6;1-2-3;2-1-4-3;;;;/h4-7H,2-3,8-13H2,1H3;2-5,12H,6-9H2,1H3;1-4H2;3H,2H2,1H3;1,3H;1H4;2*1H;/q+1;;;;;;;;+1/p-1. The van der Waals surface area contributed by atoms with Gasteiger partial charge in [-0.2, -0.15) is 0 Å². The van der Waals surface area contributed by atoms with Gasteiger partial charge < -0.3 is 44.3 Å². The minimum atomic E-state index is -0.181. The van der Waals surface area contributed by atoms with Gasteiger partial charge in [0.25, 0.3) is 6.47 Å². The maximum absolute atomic E-state index is 8.64. The molecule has 0 saturated carbocycles. The minimum absolute atomic E-state index is 0. The maximum Gasteiger partial charge on any atom is 1.00 e. The van der Waals surface area contributed by atoms with Gasteiger partial charge in [-0.25, -0.2) is 0 Å². The number of hydrogen-bond acceptors (Lipinski definition) is 9. The summed E-state index contributed by atoms with van der Waals surface area (Å²) in [4.78, 5) is 16.2. The Morgan fingerprint density at radius 1 is 0.816 bits per heavy atom. The molecule has 3 heterocycles. The van der Waals surface area contributed by atoms with E-state index in [1.165, 1.54) is 80.8 Å². The van der Waals surface area contributed by atoms with Gasteiger partial charge in [0.1, 0.15) is 11.5 Å². The maximum atomic E-state index is 8.64. The zero-order valence-electron chi connectivity index (χ0n) is 29.1. The second-order valence-corrected chi connectivity index (χ2v) is 12.2. The normalized spacial score (nSPS) is 14.9. The fourth-order valence-corrected chi connectivity index (χ4v) is 6.09. The van der Waals surface area contributed by atoms with Crippen LogP contribution >= 0.6 is 61.2 Å². The van der Waals surface area contributed by atoms with Crippen molar-refractivity contribution in [2.45, 2.75) is 40.0 Å². The number of methoxy groups -OCH3 is 2. The van der Waals surface area contributed by atoms with Crippen LogP contribution in [0, 0.1) is 0 Å². The van der Waals surface area contributed by atoms with Crippen LogP contribution in [0.4, 0.5) is 11.4 Å². The molecule has 5 rings (SSSR count). The van der Waals surface area contributed by atoms with Crippen molar-refractivity contribution >= 4 is 79.1 Å². The number of ether oxygens (including phenoxy) is 2. The molecule has 1 spiro atoms. The molecule has 2 aromatic rings. The van der Waals surface area contributed by atoms with E-state index < -0.39 is 0 Å². The Kier molecular flexibility index (Phi) is 40.8. The number of unbranched alkanes of at least 4 members (excludes halogenated alkanes) is 1. The molecule has 2 aromatic carbocycles. The Hall–Kier alpha value is -0.320. The van der Waals surface area contributed by atoms with E-state index in [-0.39, 0.29) is 79.5 Å². The van der Waals surface area contributed by atoms with E-state index in [2.05, 4.69) is 88.3 Å². The van der Waals surface area contributed by atoms with Crippen molar-refractivity contribution in [2.75, 3.05) is 107 Å². The molecule has 0 aliphatic carbocycles. The first-order chi connectivity index (χ1) is 22.0. The van der Waals surface area contributed by atoms with E-state index >= 15 is 0 Å². The first-order valence-corrected chi connectivity index (χ1v) is 18.0. The fourth-order valence-electron chi connectivity index (χ4n) is 5.30. The molecule has 15 heteroatoms. The molecule has 2 N–H and O–H groups in total. The molecule has 3 aliphatic rings. The topological polar surface area (TPSA) is 107 Å². The molecular weight excluding hydrogens is 859 g/mol. The van der Waals surface area contributed by atoms with Crippen molar-refractivity contribution in [3.63, 3.8) is 0 Å². The summed E-state index contributed by atoms with van der Waals surface area (Å²) in [6.07, 6.45) is 5.43. The number of piperazine rings is 2. The summed E-state index contributed by atoms with van der Waals surface area (Å²) in [6, 6.07) is 16.7. The molecule has 3 fully saturated rings. The Bertz CT molecular complexity index is 981. The van der Waals surface area contributed by atoms with Crippen LogP contribution in [0.5, 0.6) is 11.5 Å². The quantitative estimate of drug-likeness (QED) is 0.0788. The smallest absolute Gasteiger partial charge is 0.662 e. The van der Waals surface area contributed by atoms with Gasteiger partial charge in [-0.05, 0) is 68.3 Å². The predicted molar refractivity (Wildman–Crippen MR) is 213 cm³/mol. The van der Waals surface area contributed by atoms with Crippen LogP contribution in [0.1, 0.15) is 40.0 Å². The summed E-state index contributed by atoms with van der Waals surface area (Å²) in [6.45, 7) is 14.0. The summed E-state index contributed by atoms with van der Waals surface area (Å²) in [7, 11) is 3.41. The number of nitrogens with zero attached hydrogens (tertiary/aromatic N) is 3. The molecule has 0 radical (unpaired) electrons. The number of quaternary nitrogens is 1. The van der Waals surface area contributed by atoms with Gasteiger partial charge in [-0.1, -0.05) is 39.3 Å². The van der Waals surface area contributed by atoms with Crippen molar-refractivity contribution in [3.05, 3.63) is 48.5 Å². The van der Waals surface area contributed by atoms with Crippen molar-refractivity contribution in [2.24, 2.45) is 0 Å². The van der Waals surface area contributed by atoms with Crippen LogP contribution in [-0.4, -0.2) is 113 Å². The Morgan fingerprint density at radius 3 is 1.47 bits per heavy atom. The number of anilines is 2.